The number of aromatic nitrogens is 2. The maximum atomic E-state index is 12.2. The molecule has 0 saturated heterocycles. The summed E-state index contributed by atoms with van der Waals surface area (Å²) < 4.78 is 36.7. The molecule has 0 spiro atoms. The average Bonchev–Trinajstić information content (AvgIpc) is 3.02. The van der Waals surface area contributed by atoms with Gasteiger partial charge in [0.2, 0.25) is 5.91 Å². The van der Waals surface area contributed by atoms with E-state index in [4.69, 9.17) is 5.11 Å². The standard InChI is InChI=1S/C15H18F3N5O3/c1-14(2,13(26)21-7-15(16,17)18)23-10-3-4-19-11(22-10)8-5-9(12(24)25)20-6-8/h3-5,8,20H,6-7H2,1-2H3,(H,21,26)(H,24,25)(H,19,22,23). The third-order valence-corrected chi connectivity index (χ3v) is 3.57. The Labute approximate surface area is 146 Å². The second-order valence-electron chi connectivity index (χ2n) is 6.22. The van der Waals surface area contributed by atoms with E-state index in [0.29, 0.717) is 12.4 Å². The molecular formula is C15H18F3N5O3. The largest absolute Gasteiger partial charge is 0.477 e. The normalized spacial score (nSPS) is 17.3. The first-order chi connectivity index (χ1) is 12.0. The number of halogens is 3. The van der Waals surface area contributed by atoms with Crippen LogP contribution in [0.1, 0.15) is 25.6 Å². The van der Waals surface area contributed by atoms with Gasteiger partial charge in [-0.2, -0.15) is 13.2 Å². The predicted octanol–water partition coefficient (Wildman–Crippen LogP) is 1.00. The van der Waals surface area contributed by atoms with Crippen molar-refractivity contribution >= 4 is 17.7 Å². The molecule has 2 heterocycles. The molecule has 0 saturated carbocycles. The third kappa shape index (κ3) is 5.07. The lowest BCUT2D eigenvalue weighted by Gasteiger charge is -2.26. The van der Waals surface area contributed by atoms with E-state index in [-0.39, 0.29) is 17.4 Å². The Morgan fingerprint density at radius 3 is 2.65 bits per heavy atom. The quantitative estimate of drug-likeness (QED) is 0.588. The molecule has 2 rings (SSSR count). The molecule has 1 unspecified atom stereocenters. The minimum atomic E-state index is -4.50. The molecule has 0 radical (unpaired) electrons. The highest BCUT2D eigenvalue weighted by Gasteiger charge is 2.33. The second-order valence-corrected chi connectivity index (χ2v) is 6.22. The first-order valence-corrected chi connectivity index (χ1v) is 7.63. The predicted molar refractivity (Wildman–Crippen MR) is 85.3 cm³/mol. The monoisotopic (exact) mass is 373 g/mol. The number of anilines is 1. The fourth-order valence-electron chi connectivity index (χ4n) is 2.25. The van der Waals surface area contributed by atoms with Crippen LogP contribution in [0.25, 0.3) is 0 Å². The zero-order chi connectivity index (χ0) is 19.5. The Hall–Kier alpha value is -2.85. The van der Waals surface area contributed by atoms with E-state index >= 15 is 0 Å². The number of carbonyl (C=O) groups is 2. The SMILES string of the molecule is CC(C)(Nc1ccnc(C2C=C(C(=O)O)NC2)n1)C(=O)NCC(F)(F)F. The molecule has 1 amide bonds. The molecule has 1 aliphatic rings. The summed E-state index contributed by atoms with van der Waals surface area (Å²) in [4.78, 5) is 31.2. The second kappa shape index (κ2) is 7.18. The zero-order valence-corrected chi connectivity index (χ0v) is 14.0. The maximum Gasteiger partial charge on any atom is 0.405 e. The molecule has 4 N–H and O–H groups in total. The smallest absolute Gasteiger partial charge is 0.405 e. The van der Waals surface area contributed by atoms with Crippen molar-refractivity contribution in [3.8, 4) is 0 Å². The van der Waals surface area contributed by atoms with Crippen molar-refractivity contribution in [1.29, 1.82) is 0 Å². The van der Waals surface area contributed by atoms with Crippen LogP contribution in [0.4, 0.5) is 19.0 Å². The number of hydrogen-bond acceptors (Lipinski definition) is 6. The van der Waals surface area contributed by atoms with Crippen molar-refractivity contribution in [2.75, 3.05) is 18.4 Å². The van der Waals surface area contributed by atoms with Crippen molar-refractivity contribution in [3.05, 3.63) is 29.9 Å². The molecule has 0 aliphatic carbocycles. The number of rotatable bonds is 6. The molecule has 0 bridgehead atoms. The summed E-state index contributed by atoms with van der Waals surface area (Å²) >= 11 is 0. The van der Waals surface area contributed by atoms with E-state index in [1.165, 1.54) is 32.2 Å². The number of alkyl halides is 3. The van der Waals surface area contributed by atoms with E-state index < -0.39 is 30.1 Å². The minimum Gasteiger partial charge on any atom is -0.477 e. The van der Waals surface area contributed by atoms with Crippen LogP contribution in [-0.4, -0.2) is 51.8 Å². The van der Waals surface area contributed by atoms with Gasteiger partial charge in [-0.15, -0.1) is 0 Å². The van der Waals surface area contributed by atoms with Crippen molar-refractivity contribution in [3.63, 3.8) is 0 Å². The summed E-state index contributed by atoms with van der Waals surface area (Å²) in [7, 11) is 0. The first-order valence-electron chi connectivity index (χ1n) is 7.63. The number of amides is 1. The van der Waals surface area contributed by atoms with Crippen LogP contribution in [-0.2, 0) is 9.59 Å². The van der Waals surface area contributed by atoms with Crippen molar-refractivity contribution in [2.24, 2.45) is 0 Å². The lowest BCUT2D eigenvalue weighted by atomic mass is 10.0. The number of hydrogen-bond donors (Lipinski definition) is 4. The van der Waals surface area contributed by atoms with Crippen LogP contribution in [0.3, 0.4) is 0 Å². The zero-order valence-electron chi connectivity index (χ0n) is 14.0. The average molecular weight is 373 g/mol. The van der Waals surface area contributed by atoms with Gasteiger partial charge < -0.3 is 21.1 Å². The molecule has 0 fully saturated rings. The highest BCUT2D eigenvalue weighted by molar-refractivity contribution is 5.88. The van der Waals surface area contributed by atoms with Crippen LogP contribution in [0.2, 0.25) is 0 Å². The highest BCUT2D eigenvalue weighted by atomic mass is 19.4. The van der Waals surface area contributed by atoms with Gasteiger partial charge in [0, 0.05) is 12.7 Å². The molecule has 1 atom stereocenters. The first kappa shape index (κ1) is 19.5. The van der Waals surface area contributed by atoms with Crippen LogP contribution < -0.4 is 16.0 Å². The summed E-state index contributed by atoms with van der Waals surface area (Å²) in [6.45, 7) is 1.71. The summed E-state index contributed by atoms with van der Waals surface area (Å²) in [6, 6.07) is 1.46. The van der Waals surface area contributed by atoms with Gasteiger partial charge in [-0.05, 0) is 26.0 Å². The summed E-state index contributed by atoms with van der Waals surface area (Å²) in [5, 5.41) is 16.2. The van der Waals surface area contributed by atoms with E-state index in [0.717, 1.165) is 0 Å². The van der Waals surface area contributed by atoms with E-state index in [9.17, 15) is 22.8 Å². The minimum absolute atomic E-state index is 0.0452. The Kier molecular flexibility index (Phi) is 5.38. The van der Waals surface area contributed by atoms with Gasteiger partial charge in [0.15, 0.2) is 0 Å². The van der Waals surface area contributed by atoms with Gasteiger partial charge in [0.25, 0.3) is 0 Å². The number of carbonyl (C=O) groups excluding carboxylic acids is 1. The topological polar surface area (TPSA) is 116 Å². The van der Waals surface area contributed by atoms with Gasteiger partial charge >= 0.3 is 12.1 Å². The van der Waals surface area contributed by atoms with Crippen molar-refractivity contribution < 1.29 is 27.9 Å². The molecule has 1 aromatic heterocycles. The highest BCUT2D eigenvalue weighted by Crippen LogP contribution is 2.22. The summed E-state index contributed by atoms with van der Waals surface area (Å²) in [5.41, 5.74) is -1.31. The third-order valence-electron chi connectivity index (χ3n) is 3.57. The molecule has 26 heavy (non-hydrogen) atoms. The summed E-state index contributed by atoms with van der Waals surface area (Å²) in [5.74, 6) is -1.75. The number of nitrogens with zero attached hydrogens (tertiary/aromatic N) is 2. The molecule has 0 aromatic carbocycles. The Morgan fingerprint density at radius 1 is 1.38 bits per heavy atom. The molecule has 142 valence electrons. The van der Waals surface area contributed by atoms with Crippen LogP contribution in [0.5, 0.6) is 0 Å². The van der Waals surface area contributed by atoms with Crippen LogP contribution in [0, 0.1) is 0 Å². The summed E-state index contributed by atoms with van der Waals surface area (Å²) in [6.07, 6.45) is -1.61. The molecular weight excluding hydrogens is 355 g/mol. The van der Waals surface area contributed by atoms with E-state index in [2.05, 4.69) is 20.6 Å². The molecule has 1 aromatic rings. The van der Waals surface area contributed by atoms with Crippen LogP contribution >= 0.6 is 0 Å². The number of carboxylic acid groups (broad SMARTS) is 1. The fourth-order valence-corrected chi connectivity index (χ4v) is 2.25. The Bertz CT molecular complexity index is 733. The Balaban J connectivity index is 2.08. The van der Waals surface area contributed by atoms with Crippen LogP contribution in [0.15, 0.2) is 24.0 Å². The Morgan fingerprint density at radius 2 is 2.08 bits per heavy atom. The molecule has 8 nitrogen and oxygen atoms in total. The molecule has 1 aliphatic heterocycles. The van der Waals surface area contributed by atoms with Gasteiger partial charge in [0.05, 0.1) is 5.92 Å². The van der Waals surface area contributed by atoms with Gasteiger partial charge in [-0.3, -0.25) is 4.79 Å². The van der Waals surface area contributed by atoms with E-state index in [1.54, 1.807) is 0 Å². The maximum absolute atomic E-state index is 12.2. The fraction of sp³-hybridized carbons (Fsp3) is 0.467. The van der Waals surface area contributed by atoms with Gasteiger partial charge in [0.1, 0.15) is 29.4 Å². The number of carboxylic acids is 1. The lowest BCUT2D eigenvalue weighted by Crippen LogP contribution is -2.50. The molecule has 11 heteroatoms. The van der Waals surface area contributed by atoms with Gasteiger partial charge in [-0.1, -0.05) is 0 Å². The number of nitrogens with one attached hydrogen (secondary N) is 3. The van der Waals surface area contributed by atoms with Crippen molar-refractivity contribution in [2.45, 2.75) is 31.5 Å². The van der Waals surface area contributed by atoms with E-state index in [1.807, 2.05) is 5.32 Å². The van der Waals surface area contributed by atoms with Gasteiger partial charge in [-0.25, -0.2) is 14.8 Å². The lowest BCUT2D eigenvalue weighted by molar-refractivity contribution is -0.140. The van der Waals surface area contributed by atoms with Crippen molar-refractivity contribution in [1.82, 2.24) is 20.6 Å². The number of aliphatic carboxylic acids is 1.